The summed E-state index contributed by atoms with van der Waals surface area (Å²) in [5.41, 5.74) is 0.702. The van der Waals surface area contributed by atoms with E-state index >= 15 is 0 Å². The molecule has 0 aliphatic heterocycles. The van der Waals surface area contributed by atoms with Crippen LogP contribution in [0.25, 0.3) is 10.6 Å². The Labute approximate surface area is 129 Å². The summed E-state index contributed by atoms with van der Waals surface area (Å²) >= 11 is 12.9. The van der Waals surface area contributed by atoms with Crippen LogP contribution in [0.2, 0.25) is 10.0 Å². The van der Waals surface area contributed by atoms with Gasteiger partial charge in [0.25, 0.3) is 0 Å². The summed E-state index contributed by atoms with van der Waals surface area (Å²) in [6.07, 6.45) is 0. The first-order chi connectivity index (χ1) is 9.43. The smallest absolute Gasteiger partial charge is 0.358 e. The molecule has 0 aliphatic carbocycles. The highest BCUT2D eigenvalue weighted by Crippen LogP contribution is 2.32. The van der Waals surface area contributed by atoms with Gasteiger partial charge in [-0.25, -0.2) is 9.78 Å². The third-order valence-electron chi connectivity index (χ3n) is 2.49. The van der Waals surface area contributed by atoms with Crippen molar-refractivity contribution in [3.63, 3.8) is 0 Å². The molecule has 0 fully saturated rings. The second kappa shape index (κ2) is 5.91. The summed E-state index contributed by atoms with van der Waals surface area (Å²) in [6, 6.07) is 4.98. The summed E-state index contributed by atoms with van der Waals surface area (Å²) in [7, 11) is 1.24. The molecule has 0 saturated heterocycles. The third kappa shape index (κ3) is 2.85. The molecule has 0 bridgehead atoms. The van der Waals surface area contributed by atoms with Gasteiger partial charge in [0.2, 0.25) is 0 Å². The second-order valence-corrected chi connectivity index (χ2v) is 5.69. The van der Waals surface area contributed by atoms with Crippen LogP contribution in [0, 0.1) is 0 Å². The van der Waals surface area contributed by atoms with Crippen molar-refractivity contribution >= 4 is 46.3 Å². The zero-order chi connectivity index (χ0) is 14.9. The third-order valence-corrected chi connectivity index (χ3v) is 4.44. The molecule has 0 aliphatic rings. The van der Waals surface area contributed by atoms with Crippen LogP contribution in [0.15, 0.2) is 18.2 Å². The highest BCUT2D eigenvalue weighted by atomic mass is 35.5. The molecule has 0 amide bonds. The first kappa shape index (κ1) is 15.0. The number of esters is 1. The van der Waals surface area contributed by atoms with Gasteiger partial charge in [-0.3, -0.25) is 4.79 Å². The number of benzene rings is 1. The molecule has 1 aromatic carbocycles. The number of thiazole rings is 1. The summed E-state index contributed by atoms with van der Waals surface area (Å²) < 4.78 is 4.62. The molecule has 7 heteroatoms. The monoisotopic (exact) mass is 329 g/mol. The number of ether oxygens (including phenoxy) is 1. The average Bonchev–Trinajstić information content (AvgIpc) is 2.86. The van der Waals surface area contributed by atoms with Crippen LogP contribution in [0.4, 0.5) is 0 Å². The Morgan fingerprint density at radius 2 is 1.95 bits per heavy atom. The Hall–Kier alpha value is -1.43. The van der Waals surface area contributed by atoms with Gasteiger partial charge in [0.1, 0.15) is 9.88 Å². The number of nitrogens with zero attached hydrogens (tertiary/aromatic N) is 1. The minimum atomic E-state index is -0.641. The van der Waals surface area contributed by atoms with E-state index in [0.717, 1.165) is 11.3 Å². The molecule has 2 aromatic rings. The zero-order valence-corrected chi connectivity index (χ0v) is 12.9. The molecular formula is C13H9Cl2NO3S. The standard InChI is InChI=1S/C13H9Cl2NO3S/c1-6(17)11-10(13(18)19-2)16-12(20-11)7-3-4-8(14)9(15)5-7/h3-5H,1-2H3. The molecule has 0 radical (unpaired) electrons. The van der Waals surface area contributed by atoms with Crippen molar-refractivity contribution in [3.05, 3.63) is 38.8 Å². The first-order valence-corrected chi connectivity index (χ1v) is 7.06. The van der Waals surface area contributed by atoms with E-state index in [1.165, 1.54) is 14.0 Å². The van der Waals surface area contributed by atoms with Gasteiger partial charge < -0.3 is 4.74 Å². The van der Waals surface area contributed by atoms with E-state index in [1.807, 2.05) is 0 Å². The predicted molar refractivity (Wildman–Crippen MR) is 78.9 cm³/mol. The predicted octanol–water partition coefficient (Wildman–Crippen LogP) is 4.11. The molecule has 0 N–H and O–H groups in total. The van der Waals surface area contributed by atoms with Crippen LogP contribution < -0.4 is 0 Å². The Morgan fingerprint density at radius 1 is 1.25 bits per heavy atom. The topological polar surface area (TPSA) is 56.3 Å². The van der Waals surface area contributed by atoms with Gasteiger partial charge in [0.15, 0.2) is 11.5 Å². The van der Waals surface area contributed by atoms with Gasteiger partial charge in [-0.2, -0.15) is 0 Å². The fourth-order valence-corrected chi connectivity index (χ4v) is 2.79. The van der Waals surface area contributed by atoms with Gasteiger partial charge in [0, 0.05) is 12.5 Å². The molecule has 20 heavy (non-hydrogen) atoms. The Morgan fingerprint density at radius 3 is 2.50 bits per heavy atom. The van der Waals surface area contributed by atoms with E-state index < -0.39 is 5.97 Å². The van der Waals surface area contributed by atoms with Crippen LogP contribution in [-0.2, 0) is 4.74 Å². The van der Waals surface area contributed by atoms with Crippen LogP contribution in [-0.4, -0.2) is 23.8 Å². The van der Waals surface area contributed by atoms with Gasteiger partial charge in [-0.15, -0.1) is 11.3 Å². The van der Waals surface area contributed by atoms with E-state index in [4.69, 9.17) is 23.2 Å². The van der Waals surface area contributed by atoms with Crippen molar-refractivity contribution in [2.24, 2.45) is 0 Å². The zero-order valence-electron chi connectivity index (χ0n) is 10.6. The first-order valence-electron chi connectivity index (χ1n) is 5.49. The molecule has 1 aromatic heterocycles. The van der Waals surface area contributed by atoms with Gasteiger partial charge in [-0.1, -0.05) is 29.3 Å². The maximum Gasteiger partial charge on any atom is 0.358 e. The maximum atomic E-state index is 11.6. The molecule has 4 nitrogen and oxygen atoms in total. The Balaban J connectivity index is 2.55. The largest absolute Gasteiger partial charge is 0.464 e. The number of carbonyl (C=O) groups is 2. The van der Waals surface area contributed by atoms with Crippen LogP contribution in [0.1, 0.15) is 27.1 Å². The van der Waals surface area contributed by atoms with Crippen molar-refractivity contribution in [1.29, 1.82) is 0 Å². The van der Waals surface area contributed by atoms with E-state index in [1.54, 1.807) is 18.2 Å². The minimum Gasteiger partial charge on any atom is -0.464 e. The van der Waals surface area contributed by atoms with Gasteiger partial charge in [0.05, 0.1) is 17.2 Å². The molecule has 0 atom stereocenters. The van der Waals surface area contributed by atoms with Gasteiger partial charge in [-0.05, 0) is 12.1 Å². The molecule has 104 valence electrons. The lowest BCUT2D eigenvalue weighted by atomic mass is 10.2. The molecule has 1 heterocycles. The average molecular weight is 330 g/mol. The Kier molecular flexibility index (Phi) is 4.42. The number of Topliss-reactive ketones (excluding diaryl/α,β-unsaturated/α-hetero) is 1. The van der Waals surface area contributed by atoms with Crippen molar-refractivity contribution in [1.82, 2.24) is 4.98 Å². The van der Waals surface area contributed by atoms with Crippen molar-refractivity contribution < 1.29 is 14.3 Å². The lowest BCUT2D eigenvalue weighted by Crippen LogP contribution is -2.06. The number of carbonyl (C=O) groups excluding carboxylic acids is 2. The van der Waals surface area contributed by atoms with Crippen LogP contribution >= 0.6 is 34.5 Å². The van der Waals surface area contributed by atoms with E-state index in [2.05, 4.69) is 9.72 Å². The molecule has 0 spiro atoms. The molecule has 2 rings (SSSR count). The highest BCUT2D eigenvalue weighted by molar-refractivity contribution is 7.17. The minimum absolute atomic E-state index is 0.0195. The second-order valence-electron chi connectivity index (χ2n) is 3.87. The van der Waals surface area contributed by atoms with E-state index in [9.17, 15) is 9.59 Å². The molecule has 0 saturated carbocycles. The number of methoxy groups -OCH3 is 1. The summed E-state index contributed by atoms with van der Waals surface area (Å²) in [5, 5.41) is 1.31. The van der Waals surface area contributed by atoms with Crippen molar-refractivity contribution in [2.75, 3.05) is 7.11 Å². The molecular weight excluding hydrogens is 321 g/mol. The number of hydrogen-bond acceptors (Lipinski definition) is 5. The number of aromatic nitrogens is 1. The highest BCUT2D eigenvalue weighted by Gasteiger charge is 2.22. The molecule has 0 unspecified atom stereocenters. The summed E-state index contributed by atoms with van der Waals surface area (Å²) in [4.78, 5) is 27.6. The Bertz CT molecular complexity index is 697. The number of rotatable bonds is 3. The SMILES string of the molecule is COC(=O)c1nc(-c2ccc(Cl)c(Cl)c2)sc1C(C)=O. The quantitative estimate of drug-likeness (QED) is 0.628. The van der Waals surface area contributed by atoms with Crippen LogP contribution in [0.3, 0.4) is 0 Å². The fraction of sp³-hybridized carbons (Fsp3) is 0.154. The fourth-order valence-electron chi connectivity index (χ4n) is 1.55. The van der Waals surface area contributed by atoms with Crippen LogP contribution in [0.5, 0.6) is 0 Å². The number of hydrogen-bond donors (Lipinski definition) is 0. The number of ketones is 1. The lowest BCUT2D eigenvalue weighted by Gasteiger charge is -1.99. The summed E-state index contributed by atoms with van der Waals surface area (Å²) in [5.74, 6) is -0.882. The maximum absolute atomic E-state index is 11.6. The summed E-state index contributed by atoms with van der Waals surface area (Å²) in [6.45, 7) is 1.37. The van der Waals surface area contributed by atoms with Crippen molar-refractivity contribution in [3.8, 4) is 10.6 Å². The van der Waals surface area contributed by atoms with Crippen molar-refractivity contribution in [2.45, 2.75) is 6.92 Å². The number of halogens is 2. The van der Waals surface area contributed by atoms with E-state index in [-0.39, 0.29) is 16.4 Å². The lowest BCUT2D eigenvalue weighted by molar-refractivity contribution is 0.0591. The van der Waals surface area contributed by atoms with Gasteiger partial charge >= 0.3 is 5.97 Å². The normalized spacial score (nSPS) is 10.4. The van der Waals surface area contributed by atoms with E-state index in [0.29, 0.717) is 20.6 Å².